The molecule has 0 unspecified atom stereocenters. The van der Waals surface area contributed by atoms with Crippen LogP contribution in [0.25, 0.3) is 11.0 Å². The molecule has 2 aromatic heterocycles. The highest BCUT2D eigenvalue weighted by Gasteiger charge is 2.26. The van der Waals surface area contributed by atoms with Gasteiger partial charge in [0.1, 0.15) is 0 Å². The van der Waals surface area contributed by atoms with E-state index in [-0.39, 0.29) is 24.0 Å². The van der Waals surface area contributed by atoms with Gasteiger partial charge in [-0.1, -0.05) is 13.8 Å². The Bertz CT molecular complexity index is 761. The van der Waals surface area contributed by atoms with Crippen molar-refractivity contribution in [3.05, 3.63) is 12.1 Å². The lowest BCUT2D eigenvalue weighted by Gasteiger charge is -2.24. The quantitative estimate of drug-likeness (QED) is 0.827. The van der Waals surface area contributed by atoms with Crippen molar-refractivity contribution < 1.29 is 9.53 Å². The SMILES string of the molecule is CCC(CC)Oc1ccc2c(NC(=O)C3CCC(N)CC3)nn(C)c2n1. The molecular weight excluding hydrogens is 330 g/mol. The summed E-state index contributed by atoms with van der Waals surface area (Å²) in [5.41, 5.74) is 6.63. The molecule has 0 spiro atoms. The predicted molar refractivity (Wildman–Crippen MR) is 102 cm³/mol. The van der Waals surface area contributed by atoms with Crippen LogP contribution >= 0.6 is 0 Å². The monoisotopic (exact) mass is 359 g/mol. The molecule has 3 rings (SSSR count). The topological polar surface area (TPSA) is 95.1 Å². The number of hydrogen-bond acceptors (Lipinski definition) is 5. The number of nitrogens with zero attached hydrogens (tertiary/aromatic N) is 3. The fourth-order valence-electron chi connectivity index (χ4n) is 3.50. The number of ether oxygens (including phenoxy) is 1. The number of rotatable bonds is 6. The van der Waals surface area contributed by atoms with Crippen molar-refractivity contribution in [1.82, 2.24) is 14.8 Å². The minimum Gasteiger partial charge on any atom is -0.474 e. The third-order valence-electron chi connectivity index (χ3n) is 5.24. The first-order valence-corrected chi connectivity index (χ1v) is 9.58. The highest BCUT2D eigenvalue weighted by molar-refractivity contribution is 5.99. The van der Waals surface area contributed by atoms with Crippen LogP contribution in [-0.4, -0.2) is 32.8 Å². The summed E-state index contributed by atoms with van der Waals surface area (Å²) < 4.78 is 7.60. The fraction of sp³-hybridized carbons (Fsp3) is 0.632. The minimum atomic E-state index is 0.0114. The van der Waals surface area contributed by atoms with Gasteiger partial charge >= 0.3 is 0 Å². The van der Waals surface area contributed by atoms with E-state index in [1.54, 1.807) is 4.68 Å². The average molecular weight is 359 g/mol. The van der Waals surface area contributed by atoms with E-state index in [2.05, 4.69) is 29.2 Å². The maximum absolute atomic E-state index is 12.6. The molecule has 0 aromatic carbocycles. The van der Waals surface area contributed by atoms with Gasteiger partial charge in [-0.15, -0.1) is 0 Å². The van der Waals surface area contributed by atoms with Crippen molar-refractivity contribution in [3.63, 3.8) is 0 Å². The molecule has 0 atom stereocenters. The Hall–Kier alpha value is -2.15. The molecule has 1 aliphatic carbocycles. The Morgan fingerprint density at radius 1 is 1.31 bits per heavy atom. The summed E-state index contributed by atoms with van der Waals surface area (Å²) in [6, 6.07) is 3.99. The second-order valence-electron chi connectivity index (χ2n) is 7.15. The molecule has 1 fully saturated rings. The van der Waals surface area contributed by atoms with Crippen LogP contribution in [0.4, 0.5) is 5.82 Å². The number of aryl methyl sites for hydroxylation is 1. The summed E-state index contributed by atoms with van der Waals surface area (Å²) >= 11 is 0. The van der Waals surface area contributed by atoms with E-state index in [9.17, 15) is 4.79 Å². The average Bonchev–Trinajstić information content (AvgIpc) is 2.95. The van der Waals surface area contributed by atoms with Gasteiger partial charge in [0.25, 0.3) is 0 Å². The van der Waals surface area contributed by atoms with Gasteiger partial charge in [0.15, 0.2) is 11.5 Å². The van der Waals surface area contributed by atoms with Crippen LogP contribution in [0.1, 0.15) is 52.4 Å². The maximum Gasteiger partial charge on any atom is 0.228 e. The van der Waals surface area contributed by atoms with Crippen LogP contribution in [-0.2, 0) is 11.8 Å². The van der Waals surface area contributed by atoms with Crippen LogP contribution in [0.15, 0.2) is 12.1 Å². The van der Waals surface area contributed by atoms with Gasteiger partial charge in [0, 0.05) is 25.1 Å². The maximum atomic E-state index is 12.6. The van der Waals surface area contributed by atoms with Crippen LogP contribution in [0.5, 0.6) is 5.88 Å². The Labute approximate surface area is 154 Å². The third kappa shape index (κ3) is 3.98. The van der Waals surface area contributed by atoms with Gasteiger partial charge in [0.2, 0.25) is 11.8 Å². The van der Waals surface area contributed by atoms with E-state index in [1.807, 2.05) is 19.2 Å². The Balaban J connectivity index is 1.76. The molecule has 7 nitrogen and oxygen atoms in total. The number of fused-ring (bicyclic) bond motifs is 1. The number of anilines is 1. The molecule has 3 N–H and O–H groups in total. The van der Waals surface area contributed by atoms with Gasteiger partial charge in [-0.3, -0.25) is 4.79 Å². The van der Waals surface area contributed by atoms with Gasteiger partial charge in [-0.05, 0) is 44.6 Å². The van der Waals surface area contributed by atoms with Crippen molar-refractivity contribution in [1.29, 1.82) is 0 Å². The van der Waals surface area contributed by atoms with E-state index in [4.69, 9.17) is 10.5 Å². The molecule has 1 aliphatic rings. The Morgan fingerprint density at radius 2 is 2.00 bits per heavy atom. The Morgan fingerprint density at radius 3 is 2.65 bits per heavy atom. The molecule has 0 radical (unpaired) electrons. The summed E-state index contributed by atoms with van der Waals surface area (Å²) in [4.78, 5) is 17.1. The lowest BCUT2D eigenvalue weighted by atomic mass is 9.86. The summed E-state index contributed by atoms with van der Waals surface area (Å²) in [5, 5.41) is 8.25. The van der Waals surface area contributed by atoms with Gasteiger partial charge < -0.3 is 15.8 Å². The molecule has 2 aromatic rings. The second kappa shape index (κ2) is 8.03. The molecule has 0 saturated heterocycles. The van der Waals surface area contributed by atoms with Gasteiger partial charge in [-0.2, -0.15) is 10.1 Å². The first-order chi connectivity index (χ1) is 12.5. The standard InChI is InChI=1S/C19H29N5O2/c1-4-14(5-2)26-16-11-10-15-17(23-24(3)18(15)21-16)22-19(25)12-6-8-13(20)9-7-12/h10-14H,4-9,20H2,1-3H3,(H,22,23,25). The Kier molecular flexibility index (Phi) is 5.76. The largest absolute Gasteiger partial charge is 0.474 e. The van der Waals surface area contributed by atoms with E-state index in [1.165, 1.54) is 0 Å². The number of nitrogens with one attached hydrogen (secondary N) is 1. The molecule has 142 valence electrons. The van der Waals surface area contributed by atoms with Crippen LogP contribution in [0.3, 0.4) is 0 Å². The first-order valence-electron chi connectivity index (χ1n) is 9.58. The first kappa shape index (κ1) is 18.6. The number of nitrogens with two attached hydrogens (primary N) is 1. The van der Waals surface area contributed by atoms with Crippen molar-refractivity contribution in [2.24, 2.45) is 18.7 Å². The van der Waals surface area contributed by atoms with Crippen LogP contribution in [0.2, 0.25) is 0 Å². The third-order valence-corrected chi connectivity index (χ3v) is 5.24. The van der Waals surface area contributed by atoms with Crippen molar-refractivity contribution in [2.45, 2.75) is 64.5 Å². The minimum absolute atomic E-state index is 0.0114. The van der Waals surface area contributed by atoms with E-state index >= 15 is 0 Å². The molecule has 7 heteroatoms. The zero-order chi connectivity index (χ0) is 18.7. The summed E-state index contributed by atoms with van der Waals surface area (Å²) in [7, 11) is 1.82. The number of aromatic nitrogens is 3. The normalized spacial score (nSPS) is 20.5. The highest BCUT2D eigenvalue weighted by atomic mass is 16.5. The van der Waals surface area contributed by atoms with E-state index in [0.717, 1.165) is 43.9 Å². The highest BCUT2D eigenvalue weighted by Crippen LogP contribution is 2.27. The lowest BCUT2D eigenvalue weighted by Crippen LogP contribution is -2.32. The van der Waals surface area contributed by atoms with E-state index < -0.39 is 0 Å². The molecule has 1 saturated carbocycles. The lowest BCUT2D eigenvalue weighted by molar-refractivity contribution is -0.120. The van der Waals surface area contributed by atoms with Crippen molar-refractivity contribution in [2.75, 3.05) is 5.32 Å². The summed E-state index contributed by atoms with van der Waals surface area (Å²) in [6.07, 6.45) is 5.51. The molecule has 2 heterocycles. The van der Waals surface area contributed by atoms with E-state index in [0.29, 0.717) is 17.3 Å². The fourth-order valence-corrected chi connectivity index (χ4v) is 3.50. The molecular formula is C19H29N5O2. The predicted octanol–water partition coefficient (Wildman–Crippen LogP) is 2.99. The second-order valence-corrected chi connectivity index (χ2v) is 7.15. The summed E-state index contributed by atoms with van der Waals surface area (Å²) in [5.74, 6) is 1.18. The zero-order valence-electron chi connectivity index (χ0n) is 15.9. The number of hydrogen-bond donors (Lipinski definition) is 2. The van der Waals surface area contributed by atoms with Crippen LogP contribution in [0, 0.1) is 5.92 Å². The molecule has 0 bridgehead atoms. The number of pyridine rings is 1. The van der Waals surface area contributed by atoms with Gasteiger partial charge in [-0.25, -0.2) is 4.68 Å². The van der Waals surface area contributed by atoms with Gasteiger partial charge in [0.05, 0.1) is 11.5 Å². The number of carbonyl (C=O) groups excluding carboxylic acids is 1. The van der Waals surface area contributed by atoms with Crippen molar-refractivity contribution in [3.8, 4) is 5.88 Å². The van der Waals surface area contributed by atoms with Crippen LogP contribution < -0.4 is 15.8 Å². The van der Waals surface area contributed by atoms with Crippen molar-refractivity contribution >= 4 is 22.8 Å². The number of amides is 1. The number of carbonyl (C=O) groups is 1. The molecule has 1 amide bonds. The summed E-state index contributed by atoms with van der Waals surface area (Å²) in [6.45, 7) is 4.20. The smallest absolute Gasteiger partial charge is 0.228 e. The zero-order valence-corrected chi connectivity index (χ0v) is 15.9. The molecule has 26 heavy (non-hydrogen) atoms. The molecule has 0 aliphatic heterocycles.